The van der Waals surface area contributed by atoms with Crippen LogP contribution in [0.4, 0.5) is 8.78 Å². The van der Waals surface area contributed by atoms with Gasteiger partial charge in [-0.1, -0.05) is 19.8 Å². The smallest absolute Gasteiger partial charge is 0.280 e. The van der Waals surface area contributed by atoms with Gasteiger partial charge in [-0.25, -0.2) is 18.3 Å². The molecule has 170 valence electrons. The number of halogens is 2. The van der Waals surface area contributed by atoms with Crippen LogP contribution >= 0.6 is 0 Å². The highest BCUT2D eigenvalue weighted by atomic mass is 19.3. The zero-order valence-electron chi connectivity index (χ0n) is 18.6. The molecule has 1 aliphatic rings. The lowest BCUT2D eigenvalue weighted by Gasteiger charge is -2.39. The molecule has 0 aliphatic carbocycles. The second-order valence-corrected chi connectivity index (χ2v) is 8.57. The van der Waals surface area contributed by atoms with Gasteiger partial charge in [0, 0.05) is 36.0 Å². The Kier molecular flexibility index (Phi) is 6.43. The third-order valence-electron chi connectivity index (χ3n) is 6.20. The highest BCUT2D eigenvalue weighted by molar-refractivity contribution is 5.94. The van der Waals surface area contributed by atoms with Gasteiger partial charge in [-0.05, 0) is 50.8 Å². The number of unbranched alkanes of at least 4 members (excludes halogenated alkanes) is 1. The predicted molar refractivity (Wildman–Crippen MR) is 116 cm³/mol. The summed E-state index contributed by atoms with van der Waals surface area (Å²) in [5, 5.41) is 4.25. The van der Waals surface area contributed by atoms with Gasteiger partial charge < -0.3 is 4.90 Å². The van der Waals surface area contributed by atoms with Gasteiger partial charge in [0.1, 0.15) is 12.0 Å². The van der Waals surface area contributed by atoms with Crippen LogP contribution in [-0.4, -0.2) is 48.5 Å². The first-order chi connectivity index (χ1) is 15.4. The largest absolute Gasteiger partial charge is 0.338 e. The topological polar surface area (TPSA) is 76.3 Å². The van der Waals surface area contributed by atoms with E-state index in [1.807, 2.05) is 18.7 Å². The zero-order chi connectivity index (χ0) is 22.8. The van der Waals surface area contributed by atoms with Crippen LogP contribution in [0.15, 0.2) is 24.5 Å². The highest BCUT2D eigenvalue weighted by Gasteiger charge is 2.35. The van der Waals surface area contributed by atoms with Crippen molar-refractivity contribution in [3.8, 4) is 0 Å². The summed E-state index contributed by atoms with van der Waals surface area (Å²) in [7, 11) is 0. The number of likely N-dealkylation sites (tertiary alicyclic amines) is 1. The number of pyridine rings is 1. The first-order valence-corrected chi connectivity index (χ1v) is 11.1. The van der Waals surface area contributed by atoms with Crippen LogP contribution in [0.25, 0.3) is 5.78 Å². The number of piperidine rings is 1. The Morgan fingerprint density at radius 3 is 2.62 bits per heavy atom. The van der Waals surface area contributed by atoms with Gasteiger partial charge in [0.15, 0.2) is 0 Å². The Bertz CT molecular complexity index is 1090. The maximum Gasteiger partial charge on any atom is 0.280 e. The minimum Gasteiger partial charge on any atom is -0.338 e. The van der Waals surface area contributed by atoms with Gasteiger partial charge >= 0.3 is 0 Å². The van der Waals surface area contributed by atoms with E-state index in [4.69, 9.17) is 0 Å². The van der Waals surface area contributed by atoms with E-state index >= 15 is 0 Å². The van der Waals surface area contributed by atoms with E-state index < -0.39 is 6.43 Å². The van der Waals surface area contributed by atoms with Gasteiger partial charge in [-0.15, -0.1) is 0 Å². The maximum absolute atomic E-state index is 13.6. The average molecular weight is 443 g/mol. The van der Waals surface area contributed by atoms with Crippen molar-refractivity contribution in [2.24, 2.45) is 5.92 Å². The maximum atomic E-state index is 13.6. The molecule has 0 bridgehead atoms. The average Bonchev–Trinajstić information content (AvgIpc) is 3.24. The number of nitrogens with zero attached hydrogens (tertiary/aromatic N) is 6. The fourth-order valence-electron chi connectivity index (χ4n) is 4.70. The molecule has 2 atom stereocenters. The summed E-state index contributed by atoms with van der Waals surface area (Å²) in [6.45, 7) is 6.95. The van der Waals surface area contributed by atoms with Gasteiger partial charge in [-0.3, -0.25) is 9.78 Å². The number of rotatable bonds is 6. The third-order valence-corrected chi connectivity index (χ3v) is 6.20. The molecule has 1 fully saturated rings. The molecular formula is C23H28F2N6O. The fourth-order valence-corrected chi connectivity index (χ4v) is 4.70. The van der Waals surface area contributed by atoms with Crippen molar-refractivity contribution in [3.63, 3.8) is 0 Å². The Hall–Kier alpha value is -2.97. The van der Waals surface area contributed by atoms with E-state index in [2.05, 4.69) is 27.0 Å². The first-order valence-electron chi connectivity index (χ1n) is 11.1. The van der Waals surface area contributed by atoms with E-state index in [9.17, 15) is 13.6 Å². The Morgan fingerprint density at radius 1 is 1.19 bits per heavy atom. The second-order valence-electron chi connectivity index (χ2n) is 8.57. The molecule has 0 unspecified atom stereocenters. The van der Waals surface area contributed by atoms with Crippen LogP contribution in [0, 0.1) is 19.8 Å². The van der Waals surface area contributed by atoms with Crippen molar-refractivity contribution in [2.75, 3.05) is 13.1 Å². The van der Waals surface area contributed by atoms with Crippen molar-refractivity contribution in [1.82, 2.24) is 29.5 Å². The summed E-state index contributed by atoms with van der Waals surface area (Å²) in [6, 6.07) is 5.03. The Balaban J connectivity index is 1.71. The summed E-state index contributed by atoms with van der Waals surface area (Å²) >= 11 is 0. The lowest BCUT2D eigenvalue weighted by atomic mass is 9.79. The molecule has 9 heteroatoms. The molecule has 4 rings (SSSR count). The zero-order valence-corrected chi connectivity index (χ0v) is 18.6. The lowest BCUT2D eigenvalue weighted by molar-refractivity contribution is 0.0648. The molecule has 1 amide bonds. The number of aromatic nitrogens is 5. The minimum atomic E-state index is -2.70. The quantitative estimate of drug-likeness (QED) is 0.561. The number of amides is 1. The van der Waals surface area contributed by atoms with E-state index in [0.717, 1.165) is 37.1 Å². The second kappa shape index (κ2) is 9.26. The van der Waals surface area contributed by atoms with Crippen LogP contribution in [0.5, 0.6) is 0 Å². The number of fused-ring (bicyclic) bond motifs is 1. The summed E-state index contributed by atoms with van der Waals surface area (Å²) in [6.07, 6.45) is 2.51. The Morgan fingerprint density at radius 2 is 1.94 bits per heavy atom. The number of hydrogen-bond donors (Lipinski definition) is 0. The summed E-state index contributed by atoms with van der Waals surface area (Å²) in [5.41, 5.74) is 2.53. The minimum absolute atomic E-state index is 0.0597. The molecule has 1 saturated heterocycles. The van der Waals surface area contributed by atoms with Crippen LogP contribution in [0.1, 0.15) is 78.1 Å². The molecule has 0 aromatic carbocycles. The van der Waals surface area contributed by atoms with Gasteiger partial charge in [0.25, 0.3) is 18.1 Å². The van der Waals surface area contributed by atoms with Crippen LogP contribution in [0.3, 0.4) is 0 Å². The molecule has 0 saturated carbocycles. The van der Waals surface area contributed by atoms with Crippen LogP contribution < -0.4 is 0 Å². The normalized spacial score (nSPS) is 19.1. The van der Waals surface area contributed by atoms with Crippen molar-refractivity contribution in [1.29, 1.82) is 0 Å². The first kappa shape index (κ1) is 22.2. The molecule has 0 radical (unpaired) electrons. The molecule has 0 N–H and O–H groups in total. The van der Waals surface area contributed by atoms with Gasteiger partial charge in [0.2, 0.25) is 0 Å². The molecule has 32 heavy (non-hydrogen) atoms. The van der Waals surface area contributed by atoms with Gasteiger partial charge in [0.05, 0.1) is 5.69 Å². The van der Waals surface area contributed by atoms with Crippen molar-refractivity contribution in [2.45, 2.75) is 58.8 Å². The number of alkyl halides is 2. The van der Waals surface area contributed by atoms with E-state index in [1.54, 1.807) is 16.6 Å². The van der Waals surface area contributed by atoms with Crippen LogP contribution in [0.2, 0.25) is 0 Å². The number of aryl methyl sites for hydroxylation is 2. The van der Waals surface area contributed by atoms with E-state index in [1.165, 1.54) is 12.4 Å². The van der Waals surface area contributed by atoms with Gasteiger partial charge in [-0.2, -0.15) is 10.1 Å². The standard InChI is InChI=1S/C23H28F2N6O/c1-4-5-6-16-7-8-30(22(32)17-9-14(2)28-15(3)10-17)12-18(16)20-11-19(21(24)25)29-23-26-13-27-31(20)23/h9-11,13,16,18,21H,4-8,12H2,1-3H3/t16-,18-/m1/s1. The third kappa shape index (κ3) is 4.47. The highest BCUT2D eigenvalue weighted by Crippen LogP contribution is 2.37. The molecule has 0 spiro atoms. The molecule has 4 heterocycles. The monoisotopic (exact) mass is 442 g/mol. The van der Waals surface area contributed by atoms with Crippen LogP contribution in [-0.2, 0) is 0 Å². The van der Waals surface area contributed by atoms with E-state index in [-0.39, 0.29) is 29.2 Å². The summed E-state index contributed by atoms with van der Waals surface area (Å²) in [5.74, 6) is 0.236. The molecule has 7 nitrogen and oxygen atoms in total. The molecule has 3 aromatic rings. The predicted octanol–water partition coefficient (Wildman–Crippen LogP) is 4.51. The molecular weight excluding hydrogens is 414 g/mol. The molecule has 3 aromatic heterocycles. The fraction of sp³-hybridized carbons (Fsp3) is 0.522. The lowest BCUT2D eigenvalue weighted by Crippen LogP contribution is -2.43. The van der Waals surface area contributed by atoms with Crippen molar-refractivity contribution in [3.05, 3.63) is 52.9 Å². The summed E-state index contributed by atoms with van der Waals surface area (Å²) < 4.78 is 28.7. The summed E-state index contributed by atoms with van der Waals surface area (Å²) in [4.78, 5) is 27.5. The van der Waals surface area contributed by atoms with Crippen molar-refractivity contribution >= 4 is 11.7 Å². The van der Waals surface area contributed by atoms with Crippen molar-refractivity contribution < 1.29 is 13.6 Å². The van der Waals surface area contributed by atoms with E-state index in [0.29, 0.717) is 24.3 Å². The SMILES string of the molecule is CCCC[C@@H]1CCN(C(=O)c2cc(C)nc(C)c2)C[C@H]1c1cc(C(F)F)nc2ncnn12. The number of hydrogen-bond acceptors (Lipinski definition) is 5. The number of carbonyl (C=O) groups excluding carboxylic acids is 1. The number of carbonyl (C=O) groups is 1. The molecule has 1 aliphatic heterocycles. The Labute approximate surface area is 185 Å².